The molecule has 2 aliphatic rings. The molecule has 2 saturated carbocycles. The minimum Gasteiger partial charge on any atom is -0.389 e. The summed E-state index contributed by atoms with van der Waals surface area (Å²) in [6.07, 6.45) is 3.77. The number of fused-ring (bicyclic) bond motifs is 1. The molecule has 5 heteroatoms. The summed E-state index contributed by atoms with van der Waals surface area (Å²) in [4.78, 5) is 17.2. The summed E-state index contributed by atoms with van der Waals surface area (Å²) in [5.41, 5.74) is 10.4. The molecule has 166 valence electrons. The number of benzene rings is 2. The van der Waals surface area contributed by atoms with Crippen molar-refractivity contribution >= 4 is 11.0 Å². The summed E-state index contributed by atoms with van der Waals surface area (Å²) in [5.74, 6) is 0.470. The first-order valence-corrected chi connectivity index (χ1v) is 11.6. The number of rotatable bonds is 4. The van der Waals surface area contributed by atoms with Gasteiger partial charge in [-0.15, -0.1) is 0 Å². The Balaban J connectivity index is 1.43. The van der Waals surface area contributed by atoms with Gasteiger partial charge in [-0.3, -0.25) is 4.79 Å². The van der Waals surface area contributed by atoms with Crippen molar-refractivity contribution in [3.05, 3.63) is 88.7 Å². The number of nitrogens with zero attached hydrogens (tertiary/aromatic N) is 2. The first kappa shape index (κ1) is 20.3. The third-order valence-corrected chi connectivity index (χ3v) is 7.59. The maximum atomic E-state index is 12.2. The zero-order chi connectivity index (χ0) is 22.8. The molecule has 0 amide bonds. The summed E-state index contributed by atoms with van der Waals surface area (Å²) in [7, 11) is 1.78. The molecule has 0 aliphatic heterocycles. The van der Waals surface area contributed by atoms with Gasteiger partial charge in [0.25, 0.3) is 5.56 Å². The summed E-state index contributed by atoms with van der Waals surface area (Å²) >= 11 is 0. The van der Waals surface area contributed by atoms with Crippen LogP contribution in [0.5, 0.6) is 0 Å². The van der Waals surface area contributed by atoms with E-state index in [1.54, 1.807) is 23.7 Å². The molecule has 0 bridgehead atoms. The summed E-state index contributed by atoms with van der Waals surface area (Å²) < 4.78 is 1.64. The van der Waals surface area contributed by atoms with Crippen molar-refractivity contribution in [3.63, 3.8) is 0 Å². The van der Waals surface area contributed by atoms with E-state index in [0.29, 0.717) is 5.92 Å². The smallest absolute Gasteiger partial charge is 0.250 e. The zero-order valence-corrected chi connectivity index (χ0v) is 18.8. The average Bonchev–Trinajstić information content (AvgIpc) is 3.67. The Kier molecular flexibility index (Phi) is 4.38. The summed E-state index contributed by atoms with van der Waals surface area (Å²) in [5, 5.41) is 10.8. The number of aliphatic hydroxyl groups is 1. The van der Waals surface area contributed by atoms with Crippen LogP contribution >= 0.6 is 0 Å². The fourth-order valence-electron chi connectivity index (χ4n) is 5.56. The van der Waals surface area contributed by atoms with Gasteiger partial charge < -0.3 is 15.4 Å². The molecule has 2 aliphatic carbocycles. The third-order valence-electron chi connectivity index (χ3n) is 7.59. The zero-order valence-electron chi connectivity index (χ0n) is 18.8. The first-order chi connectivity index (χ1) is 15.9. The van der Waals surface area contributed by atoms with Gasteiger partial charge in [0.15, 0.2) is 0 Å². The minimum atomic E-state index is -0.517. The Morgan fingerprint density at radius 2 is 1.67 bits per heavy atom. The van der Waals surface area contributed by atoms with Gasteiger partial charge in [-0.2, -0.15) is 0 Å². The molecule has 4 aromatic rings. The molecule has 2 aromatic carbocycles. The van der Waals surface area contributed by atoms with Crippen molar-refractivity contribution in [1.29, 1.82) is 0 Å². The molecule has 0 spiro atoms. The first-order valence-electron chi connectivity index (χ1n) is 11.6. The van der Waals surface area contributed by atoms with Crippen molar-refractivity contribution in [2.24, 2.45) is 13.0 Å². The normalized spacial score (nSPS) is 24.6. The highest BCUT2D eigenvalue weighted by Crippen LogP contribution is 2.56. The van der Waals surface area contributed by atoms with Gasteiger partial charge in [0.2, 0.25) is 0 Å². The van der Waals surface area contributed by atoms with Gasteiger partial charge in [0.05, 0.1) is 22.3 Å². The Hall–Kier alpha value is -3.28. The Morgan fingerprint density at radius 3 is 2.33 bits per heavy atom. The molecule has 33 heavy (non-hydrogen) atoms. The fourth-order valence-corrected chi connectivity index (χ4v) is 5.56. The largest absolute Gasteiger partial charge is 0.389 e. The Bertz CT molecular complexity index is 1410. The number of aromatic nitrogens is 2. The number of hydrogen-bond acceptors (Lipinski definition) is 3. The van der Waals surface area contributed by atoms with E-state index >= 15 is 0 Å². The number of hydrogen-bond donors (Lipinski definition) is 2. The number of quaternary nitrogens is 1. The molecule has 0 saturated heterocycles. The van der Waals surface area contributed by atoms with Crippen LogP contribution < -0.4 is 11.3 Å². The van der Waals surface area contributed by atoms with Crippen LogP contribution in [0.25, 0.3) is 33.4 Å². The van der Waals surface area contributed by atoms with Crippen LogP contribution in [0.4, 0.5) is 0 Å². The highest BCUT2D eigenvalue weighted by atomic mass is 16.3. The molecule has 0 unspecified atom stereocenters. The summed E-state index contributed by atoms with van der Waals surface area (Å²) in [6.45, 7) is 0. The lowest BCUT2D eigenvalue weighted by Crippen LogP contribution is -2.80. The lowest BCUT2D eigenvalue weighted by molar-refractivity contribution is -0.531. The lowest BCUT2D eigenvalue weighted by atomic mass is 9.60. The van der Waals surface area contributed by atoms with Gasteiger partial charge in [-0.1, -0.05) is 54.6 Å². The molecule has 0 atom stereocenters. The Morgan fingerprint density at radius 1 is 0.970 bits per heavy atom. The minimum absolute atomic E-state index is 0.0483. The van der Waals surface area contributed by atoms with Crippen LogP contribution in [0.1, 0.15) is 31.2 Å². The van der Waals surface area contributed by atoms with Crippen LogP contribution in [0, 0.1) is 5.92 Å². The van der Waals surface area contributed by atoms with Crippen LogP contribution in [0.15, 0.2) is 77.6 Å². The average molecular weight is 439 g/mol. The monoisotopic (exact) mass is 438 g/mol. The standard InChI is InChI=1S/C28H27N3O2/c1-31-24-15-22(18-5-3-2-4-6-18)26(30-23(24)13-14-25(31)32)19-7-9-20(10-8-19)27(29)16-28(33,17-27)21-11-12-21/h2-10,13-15,21,33H,11-12,16-17,29H2,1H3/p+1. The second-order valence-electron chi connectivity index (χ2n) is 9.97. The van der Waals surface area contributed by atoms with Crippen molar-refractivity contribution in [2.45, 2.75) is 36.8 Å². The predicted octanol–water partition coefficient (Wildman–Crippen LogP) is 3.64. The number of aryl methyl sites for hydroxylation is 1. The van der Waals surface area contributed by atoms with Gasteiger partial charge >= 0.3 is 0 Å². The fraction of sp³-hybridized carbons (Fsp3) is 0.286. The van der Waals surface area contributed by atoms with E-state index in [0.717, 1.165) is 59.1 Å². The molecule has 2 fully saturated rings. The molecule has 4 N–H and O–H groups in total. The quantitative estimate of drug-likeness (QED) is 0.510. The lowest BCUT2D eigenvalue weighted by Gasteiger charge is -2.49. The van der Waals surface area contributed by atoms with E-state index in [9.17, 15) is 9.90 Å². The molecular formula is C28H28N3O2+. The van der Waals surface area contributed by atoms with E-state index in [4.69, 9.17) is 4.98 Å². The molecule has 6 rings (SSSR count). The highest BCUT2D eigenvalue weighted by Gasteiger charge is 2.61. The van der Waals surface area contributed by atoms with E-state index in [-0.39, 0.29) is 11.1 Å². The molecule has 2 heterocycles. The van der Waals surface area contributed by atoms with Crippen LogP contribution in [0.2, 0.25) is 0 Å². The van der Waals surface area contributed by atoms with E-state index in [2.05, 4.69) is 48.2 Å². The van der Waals surface area contributed by atoms with Gasteiger partial charge in [0, 0.05) is 42.6 Å². The second kappa shape index (κ2) is 7.11. The predicted molar refractivity (Wildman–Crippen MR) is 129 cm³/mol. The van der Waals surface area contributed by atoms with E-state index in [1.807, 2.05) is 18.2 Å². The van der Waals surface area contributed by atoms with Crippen LogP contribution in [0.3, 0.4) is 0 Å². The van der Waals surface area contributed by atoms with Crippen LogP contribution in [-0.4, -0.2) is 20.3 Å². The third kappa shape index (κ3) is 3.31. The number of pyridine rings is 2. The molecule has 5 nitrogen and oxygen atoms in total. The molecule has 0 radical (unpaired) electrons. The van der Waals surface area contributed by atoms with Crippen molar-refractivity contribution in [2.75, 3.05) is 0 Å². The van der Waals surface area contributed by atoms with Gasteiger partial charge in [0.1, 0.15) is 5.54 Å². The van der Waals surface area contributed by atoms with Gasteiger partial charge in [-0.25, -0.2) is 4.98 Å². The molecular weight excluding hydrogens is 410 g/mol. The van der Waals surface area contributed by atoms with Crippen molar-refractivity contribution < 1.29 is 10.8 Å². The van der Waals surface area contributed by atoms with Crippen LogP contribution in [-0.2, 0) is 12.6 Å². The van der Waals surface area contributed by atoms with Crippen molar-refractivity contribution in [1.82, 2.24) is 9.55 Å². The van der Waals surface area contributed by atoms with E-state index in [1.165, 1.54) is 5.56 Å². The maximum Gasteiger partial charge on any atom is 0.250 e. The highest BCUT2D eigenvalue weighted by molar-refractivity contribution is 5.90. The second-order valence-corrected chi connectivity index (χ2v) is 9.97. The van der Waals surface area contributed by atoms with Crippen molar-refractivity contribution in [3.8, 4) is 22.4 Å². The maximum absolute atomic E-state index is 12.2. The SMILES string of the molecule is Cn1c(=O)ccc2nc(-c3ccc(C4([NH3+])CC(O)(C5CC5)C4)cc3)c(-c3ccccc3)cc21. The van der Waals surface area contributed by atoms with Gasteiger partial charge in [-0.05, 0) is 36.5 Å². The topological polar surface area (TPSA) is 82.8 Å². The summed E-state index contributed by atoms with van der Waals surface area (Å²) in [6, 6.07) is 24.1. The van der Waals surface area contributed by atoms with E-state index < -0.39 is 5.60 Å². The molecule has 2 aromatic heterocycles. The Labute approximate surface area is 192 Å².